The summed E-state index contributed by atoms with van der Waals surface area (Å²) in [4.78, 5) is 1.19. The Morgan fingerprint density at radius 1 is 1.33 bits per heavy atom. The summed E-state index contributed by atoms with van der Waals surface area (Å²) >= 11 is 1.67. The molecule has 1 aliphatic rings. The molecule has 4 nitrogen and oxygen atoms in total. The van der Waals surface area contributed by atoms with Gasteiger partial charge >= 0.3 is 0 Å². The van der Waals surface area contributed by atoms with Crippen molar-refractivity contribution in [3.63, 3.8) is 0 Å². The molecule has 120 valence electrons. The van der Waals surface area contributed by atoms with Gasteiger partial charge in [-0.15, -0.1) is 11.3 Å². The zero-order valence-electron chi connectivity index (χ0n) is 12.6. The second-order valence-electron chi connectivity index (χ2n) is 5.58. The Hall–Kier alpha value is -0.460. The number of rotatable bonds is 10. The number of hydrogen-bond acceptors (Lipinski definition) is 5. The third-order valence-electron chi connectivity index (χ3n) is 3.70. The molecule has 1 heterocycles. The summed E-state index contributed by atoms with van der Waals surface area (Å²) in [6.45, 7) is 3.03. The molecule has 1 atom stereocenters. The van der Waals surface area contributed by atoms with Gasteiger partial charge in [0, 0.05) is 18.0 Å². The van der Waals surface area contributed by atoms with Crippen molar-refractivity contribution in [3.05, 3.63) is 22.4 Å². The molecule has 1 unspecified atom stereocenters. The van der Waals surface area contributed by atoms with E-state index in [0.29, 0.717) is 25.9 Å². The fourth-order valence-corrected chi connectivity index (χ4v) is 3.19. The van der Waals surface area contributed by atoms with E-state index in [1.54, 1.807) is 11.3 Å². The lowest BCUT2D eigenvalue weighted by Crippen LogP contribution is -2.33. The molecule has 0 aromatic carbocycles. The van der Waals surface area contributed by atoms with Gasteiger partial charge in [-0.3, -0.25) is 0 Å². The van der Waals surface area contributed by atoms with Crippen LogP contribution in [-0.4, -0.2) is 43.6 Å². The molecule has 0 aliphatic heterocycles. The Labute approximate surface area is 131 Å². The number of aliphatic hydroxyl groups is 1. The smallest absolute Gasteiger partial charge is 0.0897 e. The molecule has 0 saturated heterocycles. The van der Waals surface area contributed by atoms with Crippen LogP contribution < -0.4 is 5.32 Å². The molecule has 5 heteroatoms. The summed E-state index contributed by atoms with van der Waals surface area (Å²) in [5.41, 5.74) is 0. The van der Waals surface area contributed by atoms with Gasteiger partial charge in [0.05, 0.1) is 32.0 Å². The van der Waals surface area contributed by atoms with Gasteiger partial charge in [0.15, 0.2) is 0 Å². The van der Waals surface area contributed by atoms with Crippen LogP contribution >= 0.6 is 11.3 Å². The lowest BCUT2D eigenvalue weighted by atomic mass is 9.98. The first-order chi connectivity index (χ1) is 10.3. The van der Waals surface area contributed by atoms with Crippen LogP contribution in [0.15, 0.2) is 17.5 Å². The van der Waals surface area contributed by atoms with E-state index in [4.69, 9.17) is 9.47 Å². The van der Waals surface area contributed by atoms with E-state index in [9.17, 15) is 5.11 Å². The van der Waals surface area contributed by atoms with Gasteiger partial charge in [0.25, 0.3) is 0 Å². The maximum absolute atomic E-state index is 9.80. The van der Waals surface area contributed by atoms with Crippen LogP contribution in [0.25, 0.3) is 0 Å². The highest BCUT2D eigenvalue weighted by Gasteiger charge is 2.13. The molecule has 1 fully saturated rings. The third kappa shape index (κ3) is 7.38. The van der Waals surface area contributed by atoms with Crippen molar-refractivity contribution >= 4 is 11.3 Å². The number of aliphatic hydroxyl groups excluding tert-OH is 1. The average Bonchev–Trinajstić information content (AvgIpc) is 3.01. The van der Waals surface area contributed by atoms with Crippen molar-refractivity contribution in [1.82, 2.24) is 5.32 Å². The van der Waals surface area contributed by atoms with Gasteiger partial charge in [0.1, 0.15) is 0 Å². The normalized spacial score (nSPS) is 18.0. The maximum atomic E-state index is 9.80. The monoisotopic (exact) mass is 313 g/mol. The second kappa shape index (κ2) is 10.3. The summed E-state index contributed by atoms with van der Waals surface area (Å²) in [7, 11) is 0. The first-order valence-corrected chi connectivity index (χ1v) is 8.83. The minimum Gasteiger partial charge on any atom is -0.389 e. The van der Waals surface area contributed by atoms with Crippen LogP contribution in [0.1, 0.15) is 37.0 Å². The topological polar surface area (TPSA) is 50.7 Å². The molecule has 0 spiro atoms. The molecule has 0 amide bonds. The van der Waals surface area contributed by atoms with E-state index in [1.165, 1.54) is 37.0 Å². The van der Waals surface area contributed by atoms with Crippen molar-refractivity contribution in [2.45, 2.75) is 50.9 Å². The summed E-state index contributed by atoms with van der Waals surface area (Å²) in [5, 5.41) is 15.0. The number of ether oxygens (including phenoxy) is 2. The minimum absolute atomic E-state index is 0.369. The van der Waals surface area contributed by atoms with Crippen LogP contribution in [0.4, 0.5) is 0 Å². The van der Waals surface area contributed by atoms with Crippen LogP contribution in [0, 0.1) is 0 Å². The molecular formula is C16H27NO3S. The van der Waals surface area contributed by atoms with Gasteiger partial charge in [-0.2, -0.15) is 0 Å². The van der Waals surface area contributed by atoms with Crippen LogP contribution in [0.3, 0.4) is 0 Å². The summed E-state index contributed by atoms with van der Waals surface area (Å²) in [6, 6.07) is 4.05. The summed E-state index contributed by atoms with van der Waals surface area (Å²) in [6.07, 6.45) is 6.38. The first-order valence-electron chi connectivity index (χ1n) is 7.95. The Morgan fingerprint density at radius 2 is 2.19 bits per heavy atom. The predicted octanol–water partition coefficient (Wildman–Crippen LogP) is 2.56. The van der Waals surface area contributed by atoms with Gasteiger partial charge in [-0.25, -0.2) is 0 Å². The summed E-state index contributed by atoms with van der Waals surface area (Å²) in [5.74, 6) is 0. The first kappa shape index (κ1) is 16.9. The van der Waals surface area contributed by atoms with Gasteiger partial charge in [-0.05, 0) is 24.3 Å². The highest BCUT2D eigenvalue weighted by molar-refractivity contribution is 7.09. The highest BCUT2D eigenvalue weighted by Crippen LogP contribution is 2.19. The van der Waals surface area contributed by atoms with Crippen LogP contribution in [0.5, 0.6) is 0 Å². The Bertz CT molecular complexity index is 352. The molecular weight excluding hydrogens is 286 g/mol. The van der Waals surface area contributed by atoms with E-state index >= 15 is 0 Å². The zero-order chi connectivity index (χ0) is 14.8. The molecule has 1 aromatic heterocycles. The lowest BCUT2D eigenvalue weighted by molar-refractivity contribution is 0.0194. The van der Waals surface area contributed by atoms with E-state index in [0.717, 1.165) is 13.2 Å². The fourth-order valence-electron chi connectivity index (χ4n) is 2.55. The predicted molar refractivity (Wildman–Crippen MR) is 85.7 cm³/mol. The Morgan fingerprint density at radius 3 is 2.95 bits per heavy atom. The Kier molecular flexibility index (Phi) is 8.29. The molecule has 1 aromatic rings. The lowest BCUT2D eigenvalue weighted by Gasteiger charge is -2.22. The molecule has 1 saturated carbocycles. The van der Waals surface area contributed by atoms with Crippen LogP contribution in [-0.2, 0) is 16.1 Å². The van der Waals surface area contributed by atoms with Gasteiger partial charge in [-0.1, -0.05) is 25.3 Å². The van der Waals surface area contributed by atoms with Crippen molar-refractivity contribution in [2.75, 3.05) is 26.3 Å². The molecule has 2 rings (SSSR count). The largest absolute Gasteiger partial charge is 0.389 e. The van der Waals surface area contributed by atoms with Crippen molar-refractivity contribution in [2.24, 2.45) is 0 Å². The van der Waals surface area contributed by atoms with Crippen molar-refractivity contribution < 1.29 is 14.6 Å². The molecule has 1 aliphatic carbocycles. The molecule has 0 bridgehead atoms. The second-order valence-corrected chi connectivity index (χ2v) is 6.62. The number of hydrogen-bond donors (Lipinski definition) is 2. The molecule has 0 radical (unpaired) electrons. The average molecular weight is 313 g/mol. The van der Waals surface area contributed by atoms with E-state index in [-0.39, 0.29) is 0 Å². The van der Waals surface area contributed by atoms with Gasteiger partial charge in [0.2, 0.25) is 0 Å². The van der Waals surface area contributed by atoms with E-state index < -0.39 is 6.10 Å². The SMILES string of the molecule is OC(CNCCOC1CCCCC1)COCc1cccs1. The third-order valence-corrected chi connectivity index (χ3v) is 4.55. The summed E-state index contributed by atoms with van der Waals surface area (Å²) < 4.78 is 11.3. The van der Waals surface area contributed by atoms with Gasteiger partial charge < -0.3 is 19.9 Å². The zero-order valence-corrected chi connectivity index (χ0v) is 13.4. The van der Waals surface area contributed by atoms with Crippen molar-refractivity contribution in [3.8, 4) is 0 Å². The number of nitrogens with one attached hydrogen (secondary N) is 1. The highest BCUT2D eigenvalue weighted by atomic mass is 32.1. The van der Waals surface area contributed by atoms with Crippen LogP contribution in [0.2, 0.25) is 0 Å². The number of thiophene rings is 1. The standard InChI is InChI=1S/C16H27NO3S/c18-14(12-19-13-16-7-4-10-21-16)11-17-8-9-20-15-5-2-1-3-6-15/h4,7,10,14-15,17-18H,1-3,5-6,8-9,11-13H2. The fraction of sp³-hybridized carbons (Fsp3) is 0.750. The molecule has 2 N–H and O–H groups in total. The Balaban J connectivity index is 1.41. The maximum Gasteiger partial charge on any atom is 0.0897 e. The van der Waals surface area contributed by atoms with Crippen molar-refractivity contribution in [1.29, 1.82) is 0 Å². The van der Waals surface area contributed by atoms with E-state index in [2.05, 4.69) is 5.32 Å². The minimum atomic E-state index is -0.459. The molecule has 21 heavy (non-hydrogen) atoms. The quantitative estimate of drug-likeness (QED) is 0.652. The van der Waals surface area contributed by atoms with E-state index in [1.807, 2.05) is 17.5 Å².